The van der Waals surface area contributed by atoms with E-state index in [1.807, 2.05) is 0 Å². The predicted octanol–water partition coefficient (Wildman–Crippen LogP) is 2.88. The van der Waals surface area contributed by atoms with Gasteiger partial charge in [-0.15, -0.1) is 0 Å². The summed E-state index contributed by atoms with van der Waals surface area (Å²) in [6.07, 6.45) is 1.26. The molecule has 17 heavy (non-hydrogen) atoms. The molecular weight excluding hydrogens is 228 g/mol. The number of fused-ring (bicyclic) bond motifs is 1. The quantitative estimate of drug-likeness (QED) is 0.816. The fourth-order valence-corrected chi connectivity index (χ4v) is 1.66. The number of hydrogen-bond donors (Lipinski definition) is 1. The van der Waals surface area contributed by atoms with Crippen LogP contribution in [0.15, 0.2) is 18.7 Å². The summed E-state index contributed by atoms with van der Waals surface area (Å²) in [5.41, 5.74) is 0.379. The smallest absolute Gasteiger partial charge is 0.354 e. The number of H-pyrrole nitrogens is 1. The van der Waals surface area contributed by atoms with Gasteiger partial charge >= 0.3 is 5.97 Å². The van der Waals surface area contributed by atoms with E-state index in [2.05, 4.69) is 16.3 Å². The van der Waals surface area contributed by atoms with Crippen LogP contribution in [0, 0.1) is 11.6 Å². The molecule has 0 spiro atoms. The van der Waals surface area contributed by atoms with Crippen LogP contribution in [0.4, 0.5) is 8.78 Å². The Labute approximate surface area is 95.7 Å². The summed E-state index contributed by atoms with van der Waals surface area (Å²) in [5, 5.41) is 0.127. The Kier molecular flexibility index (Phi) is 2.67. The zero-order chi connectivity index (χ0) is 12.6. The lowest BCUT2D eigenvalue weighted by Gasteiger charge is -2.00. The Morgan fingerprint density at radius 2 is 2.12 bits per heavy atom. The molecule has 0 aliphatic carbocycles. The third-order valence-corrected chi connectivity index (χ3v) is 2.46. The summed E-state index contributed by atoms with van der Waals surface area (Å²) in [5.74, 6) is -2.12. The highest BCUT2D eigenvalue weighted by molar-refractivity contribution is 5.97. The first-order chi connectivity index (χ1) is 8.08. The van der Waals surface area contributed by atoms with Crippen LogP contribution < -0.4 is 0 Å². The van der Waals surface area contributed by atoms with E-state index >= 15 is 0 Å². The molecule has 0 radical (unpaired) electrons. The number of halogens is 2. The van der Waals surface area contributed by atoms with Crippen molar-refractivity contribution in [2.24, 2.45) is 0 Å². The molecular formula is C12H9F2NO2. The van der Waals surface area contributed by atoms with Gasteiger partial charge < -0.3 is 9.72 Å². The molecule has 88 valence electrons. The number of hydrogen-bond acceptors (Lipinski definition) is 2. The Morgan fingerprint density at radius 3 is 2.71 bits per heavy atom. The maximum atomic E-state index is 13.5. The molecule has 1 aromatic carbocycles. The lowest BCUT2D eigenvalue weighted by Crippen LogP contribution is -2.00. The maximum absolute atomic E-state index is 13.5. The Morgan fingerprint density at radius 1 is 1.41 bits per heavy atom. The fourth-order valence-electron chi connectivity index (χ4n) is 1.66. The van der Waals surface area contributed by atoms with Crippen molar-refractivity contribution in [3.63, 3.8) is 0 Å². The Hall–Kier alpha value is -2.17. The zero-order valence-corrected chi connectivity index (χ0v) is 9.01. The number of rotatable bonds is 2. The maximum Gasteiger partial charge on any atom is 0.354 e. The standard InChI is InChI=1S/C12H9F2NO2/c1-3-6-8(13)5-9(14)7-4-10(12(16)17-2)15-11(6)7/h3-5,15H,1H2,2H3. The highest BCUT2D eigenvalue weighted by atomic mass is 19.1. The van der Waals surface area contributed by atoms with Gasteiger partial charge in [0.2, 0.25) is 0 Å². The zero-order valence-electron chi connectivity index (χ0n) is 9.01. The van der Waals surface area contributed by atoms with Crippen LogP contribution in [0.1, 0.15) is 16.1 Å². The van der Waals surface area contributed by atoms with Gasteiger partial charge in [0.15, 0.2) is 0 Å². The van der Waals surface area contributed by atoms with Crippen LogP contribution in [0.3, 0.4) is 0 Å². The van der Waals surface area contributed by atoms with E-state index in [1.54, 1.807) is 0 Å². The van der Waals surface area contributed by atoms with Gasteiger partial charge in [-0.2, -0.15) is 0 Å². The van der Waals surface area contributed by atoms with Crippen molar-refractivity contribution >= 4 is 22.9 Å². The molecule has 2 rings (SSSR count). The number of benzene rings is 1. The third kappa shape index (κ3) is 1.69. The number of methoxy groups -OCH3 is 1. The first kappa shape index (κ1) is 11.3. The molecule has 1 heterocycles. The van der Waals surface area contributed by atoms with E-state index in [4.69, 9.17) is 0 Å². The van der Waals surface area contributed by atoms with E-state index in [-0.39, 0.29) is 22.2 Å². The van der Waals surface area contributed by atoms with Gasteiger partial charge in [0.05, 0.1) is 12.6 Å². The summed E-state index contributed by atoms with van der Waals surface area (Å²) in [7, 11) is 1.21. The molecule has 0 atom stereocenters. The summed E-state index contributed by atoms with van der Waals surface area (Å²) < 4.78 is 31.4. The topological polar surface area (TPSA) is 42.1 Å². The number of nitrogens with one attached hydrogen (secondary N) is 1. The van der Waals surface area contributed by atoms with Crippen molar-refractivity contribution in [1.29, 1.82) is 0 Å². The van der Waals surface area contributed by atoms with Crippen LogP contribution in [0.25, 0.3) is 17.0 Å². The minimum Gasteiger partial charge on any atom is -0.464 e. The van der Waals surface area contributed by atoms with E-state index in [0.717, 1.165) is 6.07 Å². The predicted molar refractivity (Wildman–Crippen MR) is 59.6 cm³/mol. The van der Waals surface area contributed by atoms with Gasteiger partial charge in [-0.1, -0.05) is 12.7 Å². The highest BCUT2D eigenvalue weighted by Gasteiger charge is 2.16. The average molecular weight is 237 g/mol. The lowest BCUT2D eigenvalue weighted by atomic mass is 10.1. The lowest BCUT2D eigenvalue weighted by molar-refractivity contribution is 0.0595. The van der Waals surface area contributed by atoms with Crippen LogP contribution >= 0.6 is 0 Å². The average Bonchev–Trinajstić information content (AvgIpc) is 2.73. The van der Waals surface area contributed by atoms with Crippen molar-refractivity contribution in [2.45, 2.75) is 0 Å². The van der Waals surface area contributed by atoms with Crippen molar-refractivity contribution in [3.8, 4) is 0 Å². The highest BCUT2D eigenvalue weighted by Crippen LogP contribution is 2.26. The molecule has 3 nitrogen and oxygen atoms in total. The molecule has 5 heteroatoms. The molecule has 0 aliphatic rings. The Balaban J connectivity index is 2.79. The third-order valence-electron chi connectivity index (χ3n) is 2.46. The van der Waals surface area contributed by atoms with Crippen LogP contribution in [-0.4, -0.2) is 18.1 Å². The van der Waals surface area contributed by atoms with Crippen LogP contribution in [-0.2, 0) is 4.74 Å². The van der Waals surface area contributed by atoms with E-state index in [1.165, 1.54) is 19.3 Å². The van der Waals surface area contributed by atoms with Gasteiger partial charge in [0.1, 0.15) is 17.3 Å². The van der Waals surface area contributed by atoms with Crippen molar-refractivity contribution in [1.82, 2.24) is 4.98 Å². The Bertz CT molecular complexity index is 616. The van der Waals surface area contributed by atoms with Gasteiger partial charge in [-0.3, -0.25) is 0 Å². The molecule has 0 aliphatic heterocycles. The SMILES string of the molecule is C=Cc1c(F)cc(F)c2cc(C(=O)OC)[nH]c12. The minimum atomic E-state index is -0.741. The van der Waals surface area contributed by atoms with Gasteiger partial charge in [-0.05, 0) is 6.07 Å². The largest absolute Gasteiger partial charge is 0.464 e. The van der Waals surface area contributed by atoms with Gasteiger partial charge in [0.25, 0.3) is 0 Å². The second kappa shape index (κ2) is 4.01. The number of esters is 1. The summed E-state index contributed by atoms with van der Waals surface area (Å²) >= 11 is 0. The molecule has 0 amide bonds. The van der Waals surface area contributed by atoms with Gasteiger partial charge in [-0.25, -0.2) is 13.6 Å². The summed E-state index contributed by atoms with van der Waals surface area (Å²) in [4.78, 5) is 13.9. The normalized spacial score (nSPS) is 10.5. The molecule has 0 unspecified atom stereocenters. The number of aromatic nitrogens is 1. The van der Waals surface area contributed by atoms with Gasteiger partial charge in [0, 0.05) is 17.0 Å². The number of aromatic amines is 1. The monoisotopic (exact) mass is 237 g/mol. The van der Waals surface area contributed by atoms with E-state index < -0.39 is 17.6 Å². The summed E-state index contributed by atoms with van der Waals surface area (Å²) in [6, 6.07) is 2.04. The van der Waals surface area contributed by atoms with Crippen molar-refractivity contribution < 1.29 is 18.3 Å². The number of carbonyl (C=O) groups excluding carboxylic acids is 1. The first-order valence-electron chi connectivity index (χ1n) is 4.80. The molecule has 0 bridgehead atoms. The number of carbonyl (C=O) groups is 1. The molecule has 2 aromatic rings. The van der Waals surface area contributed by atoms with Crippen LogP contribution in [0.5, 0.6) is 0 Å². The second-order valence-corrected chi connectivity index (χ2v) is 3.42. The van der Waals surface area contributed by atoms with Crippen LogP contribution in [0.2, 0.25) is 0 Å². The summed E-state index contributed by atoms with van der Waals surface area (Å²) in [6.45, 7) is 3.45. The number of ether oxygens (including phenoxy) is 1. The first-order valence-corrected chi connectivity index (χ1v) is 4.80. The molecule has 0 saturated heterocycles. The van der Waals surface area contributed by atoms with E-state index in [0.29, 0.717) is 0 Å². The van der Waals surface area contributed by atoms with Crippen molar-refractivity contribution in [2.75, 3.05) is 7.11 Å². The second-order valence-electron chi connectivity index (χ2n) is 3.42. The molecule has 1 aromatic heterocycles. The fraction of sp³-hybridized carbons (Fsp3) is 0.0833. The van der Waals surface area contributed by atoms with E-state index in [9.17, 15) is 13.6 Å². The molecule has 0 saturated carbocycles. The molecule has 0 fully saturated rings. The molecule has 1 N–H and O–H groups in total. The van der Waals surface area contributed by atoms with Crippen molar-refractivity contribution in [3.05, 3.63) is 41.6 Å². The minimum absolute atomic E-state index is 0.0649.